The zero-order valence-corrected chi connectivity index (χ0v) is 10.5. The Morgan fingerprint density at radius 1 is 1.44 bits per heavy atom. The van der Waals surface area contributed by atoms with Crippen LogP contribution in [0.2, 0.25) is 0 Å². The maximum atomic E-state index is 12.5. The first-order valence-electron chi connectivity index (χ1n) is 4.84. The molecule has 3 nitrogen and oxygen atoms in total. The van der Waals surface area contributed by atoms with Gasteiger partial charge in [0.25, 0.3) is 0 Å². The van der Waals surface area contributed by atoms with Gasteiger partial charge in [0.05, 0.1) is 27.3 Å². The first-order valence-corrected chi connectivity index (χ1v) is 6.24. The van der Waals surface area contributed by atoms with Crippen LogP contribution >= 0.6 is 24.0 Å². The molecule has 96 valence electrons. The number of aromatic nitrogens is 2. The maximum absolute atomic E-state index is 12.5. The molecule has 0 unspecified atom stereocenters. The highest BCUT2D eigenvalue weighted by Gasteiger charge is 2.30. The van der Waals surface area contributed by atoms with Gasteiger partial charge in [-0.2, -0.15) is 13.2 Å². The minimum Gasteiger partial charge on any atom is -0.393 e. The number of rotatable bonds is 3. The van der Waals surface area contributed by atoms with Gasteiger partial charge in [-0.15, -0.1) is 0 Å². The predicted molar refractivity (Wildman–Crippen MR) is 68.6 cm³/mol. The monoisotopic (exact) mass is 291 g/mol. The van der Waals surface area contributed by atoms with E-state index in [2.05, 4.69) is 9.97 Å². The van der Waals surface area contributed by atoms with E-state index in [0.29, 0.717) is 26.9 Å². The summed E-state index contributed by atoms with van der Waals surface area (Å²) < 4.78 is 37.5. The highest BCUT2D eigenvalue weighted by atomic mass is 32.2. The number of benzene rings is 1. The van der Waals surface area contributed by atoms with Crippen molar-refractivity contribution in [2.45, 2.75) is 11.3 Å². The van der Waals surface area contributed by atoms with Crippen molar-refractivity contribution in [3.05, 3.63) is 23.8 Å². The quantitative estimate of drug-likeness (QED) is 0.674. The second-order valence-corrected chi connectivity index (χ2v) is 5.02. The number of nitrogens with one attached hydrogen (secondary N) is 1. The van der Waals surface area contributed by atoms with Crippen molar-refractivity contribution < 1.29 is 13.2 Å². The minimum atomic E-state index is -4.36. The van der Waals surface area contributed by atoms with Crippen molar-refractivity contribution >= 4 is 40.0 Å². The SMILES string of the molecule is NC(=S)CSc1nc2ccc(C(F)(F)F)cc2[nH]1. The van der Waals surface area contributed by atoms with Crippen LogP contribution in [0.4, 0.5) is 13.2 Å². The molecule has 0 fully saturated rings. The molecule has 18 heavy (non-hydrogen) atoms. The second kappa shape index (κ2) is 4.77. The number of halogens is 3. The molecule has 3 N–H and O–H groups in total. The van der Waals surface area contributed by atoms with E-state index >= 15 is 0 Å². The summed E-state index contributed by atoms with van der Waals surface area (Å²) in [6.45, 7) is 0. The molecule has 0 saturated heterocycles. The molecule has 8 heteroatoms. The van der Waals surface area contributed by atoms with Crippen molar-refractivity contribution in [2.24, 2.45) is 5.73 Å². The van der Waals surface area contributed by atoms with E-state index < -0.39 is 11.7 Å². The van der Waals surface area contributed by atoms with Crippen LogP contribution in [0, 0.1) is 0 Å². The third-order valence-corrected chi connectivity index (χ3v) is 3.39. The minimum absolute atomic E-state index is 0.316. The average Bonchev–Trinajstić information content (AvgIpc) is 2.66. The molecule has 0 bridgehead atoms. The molecule has 0 spiro atoms. The van der Waals surface area contributed by atoms with Gasteiger partial charge in [0.1, 0.15) is 0 Å². The molecule has 1 aromatic heterocycles. The van der Waals surface area contributed by atoms with E-state index in [9.17, 15) is 13.2 Å². The summed E-state index contributed by atoms with van der Waals surface area (Å²) in [4.78, 5) is 7.25. The summed E-state index contributed by atoms with van der Waals surface area (Å²) in [7, 11) is 0. The largest absolute Gasteiger partial charge is 0.416 e. The van der Waals surface area contributed by atoms with Crippen LogP contribution in [0.3, 0.4) is 0 Å². The molecule has 0 atom stereocenters. The first kappa shape index (κ1) is 13.2. The molecule has 1 aromatic carbocycles. The third-order valence-electron chi connectivity index (χ3n) is 2.14. The highest BCUT2D eigenvalue weighted by molar-refractivity contribution is 8.00. The Labute approximate surface area is 110 Å². The number of fused-ring (bicyclic) bond motifs is 1. The Kier molecular flexibility index (Phi) is 3.49. The van der Waals surface area contributed by atoms with Crippen molar-refractivity contribution in [3.8, 4) is 0 Å². The second-order valence-electron chi connectivity index (χ2n) is 3.53. The summed E-state index contributed by atoms with van der Waals surface area (Å²) in [5.41, 5.74) is 5.45. The molecule has 0 saturated carbocycles. The normalized spacial score (nSPS) is 11.9. The summed E-state index contributed by atoms with van der Waals surface area (Å²) in [5, 5.41) is 0.497. The van der Waals surface area contributed by atoms with Gasteiger partial charge >= 0.3 is 6.18 Å². The van der Waals surface area contributed by atoms with Gasteiger partial charge in [-0.1, -0.05) is 24.0 Å². The summed E-state index contributed by atoms with van der Waals surface area (Å²) >= 11 is 5.97. The summed E-state index contributed by atoms with van der Waals surface area (Å²) in [6, 6.07) is 3.37. The average molecular weight is 291 g/mol. The molecule has 0 aliphatic heterocycles. The summed E-state index contributed by atoms with van der Waals surface area (Å²) in [6.07, 6.45) is -4.36. The van der Waals surface area contributed by atoms with Crippen molar-refractivity contribution in [1.29, 1.82) is 0 Å². The number of H-pyrrole nitrogens is 1. The Morgan fingerprint density at radius 3 is 2.78 bits per heavy atom. The van der Waals surface area contributed by atoms with Crippen molar-refractivity contribution in [1.82, 2.24) is 9.97 Å². The molecule has 1 heterocycles. The van der Waals surface area contributed by atoms with Crippen LogP contribution in [-0.2, 0) is 6.18 Å². The van der Waals surface area contributed by atoms with Gasteiger partial charge in [0.2, 0.25) is 0 Å². The number of nitrogens with zero attached hydrogens (tertiary/aromatic N) is 1. The fourth-order valence-electron chi connectivity index (χ4n) is 1.37. The maximum Gasteiger partial charge on any atom is 0.416 e. The van der Waals surface area contributed by atoms with Crippen molar-refractivity contribution in [2.75, 3.05) is 5.75 Å². The zero-order valence-electron chi connectivity index (χ0n) is 8.91. The Morgan fingerprint density at radius 2 is 2.17 bits per heavy atom. The highest BCUT2D eigenvalue weighted by Crippen LogP contribution is 2.31. The summed E-state index contributed by atoms with van der Waals surface area (Å²) in [5.74, 6) is 0.390. The van der Waals surface area contributed by atoms with E-state index in [1.165, 1.54) is 17.8 Å². The van der Waals surface area contributed by atoms with Gasteiger partial charge in [-0.3, -0.25) is 0 Å². The van der Waals surface area contributed by atoms with E-state index in [4.69, 9.17) is 18.0 Å². The number of aromatic amines is 1. The molecule has 0 aliphatic carbocycles. The van der Waals surface area contributed by atoms with Gasteiger partial charge in [0, 0.05) is 0 Å². The molecule has 0 amide bonds. The molecule has 0 radical (unpaired) electrons. The van der Waals surface area contributed by atoms with E-state index in [1.54, 1.807) is 0 Å². The predicted octanol–water partition coefficient (Wildman–Crippen LogP) is 2.96. The van der Waals surface area contributed by atoms with Crippen LogP contribution in [0.25, 0.3) is 11.0 Å². The van der Waals surface area contributed by atoms with Crippen LogP contribution in [-0.4, -0.2) is 20.7 Å². The number of hydrogen-bond donors (Lipinski definition) is 2. The smallest absolute Gasteiger partial charge is 0.393 e. The van der Waals surface area contributed by atoms with Gasteiger partial charge < -0.3 is 10.7 Å². The van der Waals surface area contributed by atoms with Gasteiger partial charge in [0.15, 0.2) is 5.16 Å². The molecule has 0 aliphatic rings. The first-order chi connectivity index (χ1) is 8.36. The van der Waals surface area contributed by atoms with Gasteiger partial charge in [-0.05, 0) is 18.2 Å². The number of alkyl halides is 3. The lowest BCUT2D eigenvalue weighted by atomic mass is 10.2. The Balaban J connectivity index is 2.31. The number of thiocarbonyl (C=S) groups is 1. The van der Waals surface area contributed by atoms with Crippen LogP contribution < -0.4 is 5.73 Å². The lowest BCUT2D eigenvalue weighted by Crippen LogP contribution is -2.10. The van der Waals surface area contributed by atoms with E-state index in [1.807, 2.05) is 0 Å². The van der Waals surface area contributed by atoms with E-state index in [-0.39, 0.29) is 0 Å². The Bertz CT molecular complexity index is 592. The van der Waals surface area contributed by atoms with E-state index in [0.717, 1.165) is 12.1 Å². The van der Waals surface area contributed by atoms with Crippen LogP contribution in [0.15, 0.2) is 23.4 Å². The number of hydrogen-bond acceptors (Lipinski definition) is 3. The topological polar surface area (TPSA) is 54.7 Å². The van der Waals surface area contributed by atoms with Crippen LogP contribution in [0.1, 0.15) is 5.56 Å². The van der Waals surface area contributed by atoms with Crippen molar-refractivity contribution in [3.63, 3.8) is 0 Å². The number of imidazole rings is 1. The fourth-order valence-corrected chi connectivity index (χ4v) is 2.17. The number of nitrogens with two attached hydrogens (primary N) is 1. The molecule has 2 aromatic rings. The molecular weight excluding hydrogens is 283 g/mol. The lowest BCUT2D eigenvalue weighted by molar-refractivity contribution is -0.137. The van der Waals surface area contributed by atoms with Crippen LogP contribution in [0.5, 0.6) is 0 Å². The standard InChI is InChI=1S/C10H8F3N3S2/c11-10(12,13)5-1-2-6-7(3-5)16-9(15-6)18-4-8(14)17/h1-3H,4H2,(H2,14,17)(H,15,16). The number of thioether (sulfide) groups is 1. The fraction of sp³-hybridized carbons (Fsp3) is 0.200. The van der Waals surface area contributed by atoms with Gasteiger partial charge in [-0.25, -0.2) is 4.98 Å². The molecule has 2 rings (SSSR count). The third kappa shape index (κ3) is 2.94. The lowest BCUT2D eigenvalue weighted by Gasteiger charge is -2.05. The Hall–Kier alpha value is -1.28. The molecular formula is C10H8F3N3S2. The zero-order chi connectivity index (χ0) is 13.3.